The van der Waals surface area contributed by atoms with Crippen LogP contribution >= 0.6 is 0 Å². The van der Waals surface area contributed by atoms with Crippen LogP contribution in [0.3, 0.4) is 0 Å². The van der Waals surface area contributed by atoms with Crippen LogP contribution in [0.5, 0.6) is 0 Å². The van der Waals surface area contributed by atoms with Gasteiger partial charge in [-0.2, -0.15) is 0 Å². The van der Waals surface area contributed by atoms with Gasteiger partial charge in [-0.1, -0.05) is 60.9 Å². The van der Waals surface area contributed by atoms with Crippen molar-refractivity contribution in [2.24, 2.45) is 0 Å². The summed E-state index contributed by atoms with van der Waals surface area (Å²) in [4.78, 5) is 28.2. The number of halogens is 1. The van der Waals surface area contributed by atoms with E-state index in [1.54, 1.807) is 43.3 Å². The van der Waals surface area contributed by atoms with Crippen molar-refractivity contribution < 1.29 is 22.4 Å². The molecule has 208 valence electrons. The molecule has 7 nitrogen and oxygen atoms in total. The highest BCUT2D eigenvalue weighted by atomic mass is 32.2. The van der Waals surface area contributed by atoms with Crippen LogP contribution in [0.2, 0.25) is 0 Å². The van der Waals surface area contributed by atoms with Gasteiger partial charge in [0.2, 0.25) is 11.8 Å². The first kappa shape index (κ1) is 29.8. The number of amides is 2. The molecule has 1 N–H and O–H groups in total. The fourth-order valence-electron chi connectivity index (χ4n) is 3.98. The smallest absolute Gasteiger partial charge is 0.264 e. The SMILES string of the molecule is CCCCNC(=O)C(C)N(Cc1ccc(F)cc1)C(=O)CN(c1ccc(C)cc1)S(=O)(=O)c1ccc(C)cc1. The first-order valence-electron chi connectivity index (χ1n) is 13.0. The fraction of sp³-hybridized carbons (Fsp3) is 0.333. The summed E-state index contributed by atoms with van der Waals surface area (Å²) in [5.41, 5.74) is 2.78. The number of aryl methyl sites for hydroxylation is 2. The third-order valence-corrected chi connectivity index (χ3v) is 8.26. The molecule has 0 aliphatic carbocycles. The van der Waals surface area contributed by atoms with Crippen molar-refractivity contribution in [3.63, 3.8) is 0 Å². The van der Waals surface area contributed by atoms with E-state index in [2.05, 4.69) is 5.32 Å². The van der Waals surface area contributed by atoms with E-state index in [1.807, 2.05) is 20.8 Å². The summed E-state index contributed by atoms with van der Waals surface area (Å²) in [7, 11) is -4.12. The van der Waals surface area contributed by atoms with E-state index in [-0.39, 0.29) is 17.3 Å². The molecule has 0 radical (unpaired) electrons. The van der Waals surface area contributed by atoms with Gasteiger partial charge in [0.05, 0.1) is 10.6 Å². The Kier molecular flexibility index (Phi) is 10.2. The monoisotopic (exact) mass is 553 g/mol. The lowest BCUT2D eigenvalue weighted by Gasteiger charge is -2.32. The minimum Gasteiger partial charge on any atom is -0.354 e. The largest absolute Gasteiger partial charge is 0.354 e. The molecule has 3 aromatic carbocycles. The van der Waals surface area contributed by atoms with E-state index in [0.29, 0.717) is 17.8 Å². The van der Waals surface area contributed by atoms with Crippen LogP contribution < -0.4 is 9.62 Å². The Bertz CT molecular complexity index is 1360. The van der Waals surface area contributed by atoms with E-state index in [9.17, 15) is 22.4 Å². The van der Waals surface area contributed by atoms with Gasteiger partial charge >= 0.3 is 0 Å². The predicted octanol–water partition coefficient (Wildman–Crippen LogP) is 4.97. The van der Waals surface area contributed by atoms with Crippen molar-refractivity contribution in [3.05, 3.63) is 95.3 Å². The van der Waals surface area contributed by atoms with Gasteiger partial charge in [-0.05, 0) is 69.2 Å². The molecule has 39 heavy (non-hydrogen) atoms. The summed E-state index contributed by atoms with van der Waals surface area (Å²) in [6, 6.07) is 18.0. The molecule has 0 aromatic heterocycles. The molecule has 0 spiro atoms. The van der Waals surface area contributed by atoms with Crippen LogP contribution in [0.25, 0.3) is 0 Å². The summed E-state index contributed by atoms with van der Waals surface area (Å²) in [6.07, 6.45) is 1.69. The van der Waals surface area contributed by atoms with Gasteiger partial charge < -0.3 is 10.2 Å². The lowest BCUT2D eigenvalue weighted by Crippen LogP contribution is -2.51. The quantitative estimate of drug-likeness (QED) is 0.321. The van der Waals surface area contributed by atoms with Crippen molar-refractivity contribution in [1.82, 2.24) is 10.2 Å². The number of sulfonamides is 1. The first-order chi connectivity index (χ1) is 18.5. The minimum atomic E-state index is -4.12. The number of nitrogens with zero attached hydrogens (tertiary/aromatic N) is 2. The molecule has 2 amide bonds. The van der Waals surface area contributed by atoms with Gasteiger partial charge in [0.25, 0.3) is 10.0 Å². The molecule has 3 aromatic rings. The van der Waals surface area contributed by atoms with E-state index < -0.39 is 34.3 Å². The molecular formula is C30H36FN3O4S. The van der Waals surface area contributed by atoms with Gasteiger partial charge in [-0.25, -0.2) is 12.8 Å². The molecule has 0 saturated carbocycles. The third-order valence-electron chi connectivity index (χ3n) is 6.47. The standard InChI is InChI=1S/C30H36FN3O4S/c1-5-6-19-32-30(36)24(4)33(20-25-11-13-26(31)14-12-25)29(35)21-34(27-15-7-22(2)8-16-27)39(37,38)28-17-9-23(3)10-18-28/h7-18,24H,5-6,19-21H2,1-4H3,(H,32,36). The average Bonchev–Trinajstić information content (AvgIpc) is 2.91. The molecule has 0 aliphatic heterocycles. The Morgan fingerprint density at radius 2 is 1.46 bits per heavy atom. The van der Waals surface area contributed by atoms with Gasteiger partial charge in [0.15, 0.2) is 0 Å². The van der Waals surface area contributed by atoms with Crippen molar-refractivity contribution in [1.29, 1.82) is 0 Å². The number of carbonyl (C=O) groups is 2. The molecule has 1 atom stereocenters. The average molecular weight is 554 g/mol. The van der Waals surface area contributed by atoms with Crippen molar-refractivity contribution in [2.45, 2.75) is 58.0 Å². The Labute approximate surface area is 230 Å². The van der Waals surface area contributed by atoms with Crippen molar-refractivity contribution in [3.8, 4) is 0 Å². The highest BCUT2D eigenvalue weighted by Gasteiger charge is 2.32. The molecule has 0 heterocycles. The van der Waals surface area contributed by atoms with E-state index in [4.69, 9.17) is 0 Å². The number of hydrogen-bond acceptors (Lipinski definition) is 4. The highest BCUT2D eigenvalue weighted by Crippen LogP contribution is 2.25. The zero-order chi connectivity index (χ0) is 28.6. The molecule has 0 saturated heterocycles. The van der Waals surface area contributed by atoms with Crippen LogP contribution in [0.4, 0.5) is 10.1 Å². The Morgan fingerprint density at radius 3 is 2.03 bits per heavy atom. The summed E-state index contributed by atoms with van der Waals surface area (Å²) in [5, 5.41) is 2.84. The first-order valence-corrected chi connectivity index (χ1v) is 14.4. The number of anilines is 1. The molecule has 9 heteroatoms. The Hall–Kier alpha value is -3.72. The zero-order valence-corrected chi connectivity index (χ0v) is 23.7. The summed E-state index contributed by atoms with van der Waals surface area (Å²) < 4.78 is 42.2. The Morgan fingerprint density at radius 1 is 0.897 bits per heavy atom. The number of nitrogens with one attached hydrogen (secondary N) is 1. The maximum atomic E-state index is 13.8. The number of hydrogen-bond donors (Lipinski definition) is 1. The minimum absolute atomic E-state index is 0.00773. The summed E-state index contributed by atoms with van der Waals surface area (Å²) in [6.45, 7) is 7.31. The maximum Gasteiger partial charge on any atom is 0.264 e. The molecule has 1 unspecified atom stereocenters. The summed E-state index contributed by atoms with van der Waals surface area (Å²) >= 11 is 0. The van der Waals surface area contributed by atoms with Gasteiger partial charge in [0, 0.05) is 13.1 Å². The molecule has 0 bridgehead atoms. The van der Waals surface area contributed by atoms with Crippen molar-refractivity contribution >= 4 is 27.5 Å². The number of carbonyl (C=O) groups excluding carboxylic acids is 2. The number of benzene rings is 3. The van der Waals surface area contributed by atoms with Gasteiger partial charge in [0.1, 0.15) is 18.4 Å². The van der Waals surface area contributed by atoms with Crippen molar-refractivity contribution in [2.75, 3.05) is 17.4 Å². The van der Waals surface area contributed by atoms with Crippen LogP contribution in [-0.2, 0) is 26.2 Å². The third kappa shape index (κ3) is 7.89. The normalized spacial score (nSPS) is 12.0. The van der Waals surface area contributed by atoms with E-state index in [0.717, 1.165) is 28.3 Å². The van der Waals surface area contributed by atoms with Crippen LogP contribution in [0.1, 0.15) is 43.4 Å². The Balaban J connectivity index is 1.98. The molecule has 3 rings (SSSR count). The molecule has 0 aliphatic rings. The second-order valence-electron chi connectivity index (χ2n) is 9.63. The molecule has 0 fully saturated rings. The van der Waals surface area contributed by atoms with Gasteiger partial charge in [-0.15, -0.1) is 0 Å². The van der Waals surface area contributed by atoms with E-state index >= 15 is 0 Å². The topological polar surface area (TPSA) is 86.8 Å². The fourth-order valence-corrected chi connectivity index (χ4v) is 5.40. The second kappa shape index (κ2) is 13.4. The second-order valence-corrected chi connectivity index (χ2v) is 11.5. The van der Waals surface area contributed by atoms with Crippen LogP contribution in [0, 0.1) is 19.7 Å². The lowest BCUT2D eigenvalue weighted by atomic mass is 10.1. The number of rotatable bonds is 12. The summed E-state index contributed by atoms with van der Waals surface area (Å²) in [5.74, 6) is -1.33. The van der Waals surface area contributed by atoms with Crippen LogP contribution in [-0.4, -0.2) is 44.3 Å². The van der Waals surface area contributed by atoms with E-state index in [1.165, 1.54) is 41.3 Å². The molecular weight excluding hydrogens is 517 g/mol. The maximum absolute atomic E-state index is 13.8. The zero-order valence-electron chi connectivity index (χ0n) is 22.9. The van der Waals surface area contributed by atoms with Crippen LogP contribution in [0.15, 0.2) is 77.7 Å². The predicted molar refractivity (Wildman–Crippen MR) is 151 cm³/mol. The lowest BCUT2D eigenvalue weighted by molar-refractivity contribution is -0.139. The van der Waals surface area contributed by atoms with Gasteiger partial charge in [-0.3, -0.25) is 13.9 Å². The highest BCUT2D eigenvalue weighted by molar-refractivity contribution is 7.92. The number of unbranched alkanes of at least 4 members (excludes halogenated alkanes) is 1.